The molecule has 3 rings (SSSR count). The summed E-state index contributed by atoms with van der Waals surface area (Å²) in [4.78, 5) is 13.0. The van der Waals surface area contributed by atoms with Gasteiger partial charge in [-0.1, -0.05) is 33.4 Å². The molecule has 5 nitrogen and oxygen atoms in total. The van der Waals surface area contributed by atoms with Gasteiger partial charge in [0, 0.05) is 0 Å². The third-order valence-electron chi connectivity index (χ3n) is 7.08. The Kier molecular flexibility index (Phi) is 4.31. The van der Waals surface area contributed by atoms with Crippen LogP contribution in [0.25, 0.3) is 0 Å². The van der Waals surface area contributed by atoms with Gasteiger partial charge in [-0.25, -0.2) is 0 Å². The van der Waals surface area contributed by atoms with E-state index in [1.54, 1.807) is 13.8 Å². The van der Waals surface area contributed by atoms with Gasteiger partial charge in [0.2, 0.25) is 0 Å². The summed E-state index contributed by atoms with van der Waals surface area (Å²) in [7, 11) is 0. The summed E-state index contributed by atoms with van der Waals surface area (Å²) < 4.78 is 0. The van der Waals surface area contributed by atoms with E-state index in [2.05, 4.69) is 20.4 Å². The van der Waals surface area contributed by atoms with Gasteiger partial charge in [-0.3, -0.25) is 4.79 Å². The molecule has 0 aromatic heterocycles. The molecule has 25 heavy (non-hydrogen) atoms. The van der Waals surface area contributed by atoms with Crippen molar-refractivity contribution < 1.29 is 25.2 Å². The van der Waals surface area contributed by atoms with Crippen molar-refractivity contribution in [1.29, 1.82) is 0 Å². The van der Waals surface area contributed by atoms with Crippen LogP contribution in [-0.2, 0) is 4.79 Å². The smallest absolute Gasteiger partial charge is 0.190 e. The summed E-state index contributed by atoms with van der Waals surface area (Å²) in [6.45, 7) is 11.4. The lowest BCUT2D eigenvalue weighted by Gasteiger charge is -2.35. The minimum absolute atomic E-state index is 0.0442. The standard InChI is InChI=1S/C20H30O5/c1-9-6-12-13(19(12,4)5)7-14(21)11(3)17(23)15-16(22)10(2)8-20(15,25)18(9)24/h6,10,12-17,21-23,25H,3,7-8H2,1-2,4-5H3/b9-6+/t10-,12+,13-,14+,15+,16-,17-,20+/m0/s1. The van der Waals surface area contributed by atoms with Gasteiger partial charge in [0.15, 0.2) is 5.78 Å². The van der Waals surface area contributed by atoms with Gasteiger partial charge < -0.3 is 20.4 Å². The summed E-state index contributed by atoms with van der Waals surface area (Å²) in [6, 6.07) is 0. The molecule has 0 amide bonds. The fourth-order valence-corrected chi connectivity index (χ4v) is 5.15. The number of carbonyl (C=O) groups excluding carboxylic acids is 1. The van der Waals surface area contributed by atoms with Crippen molar-refractivity contribution in [3.05, 3.63) is 23.8 Å². The highest BCUT2D eigenvalue weighted by molar-refractivity contribution is 6.02. The van der Waals surface area contributed by atoms with Crippen LogP contribution < -0.4 is 0 Å². The summed E-state index contributed by atoms with van der Waals surface area (Å²) >= 11 is 0. The first kappa shape index (κ1) is 18.8. The fourth-order valence-electron chi connectivity index (χ4n) is 5.15. The van der Waals surface area contributed by atoms with E-state index in [0.29, 0.717) is 12.0 Å². The van der Waals surface area contributed by atoms with Gasteiger partial charge >= 0.3 is 0 Å². The zero-order valence-corrected chi connectivity index (χ0v) is 15.4. The minimum Gasteiger partial charge on any atom is -0.392 e. The summed E-state index contributed by atoms with van der Waals surface area (Å²) in [6.07, 6.45) is -0.880. The molecule has 0 radical (unpaired) electrons. The van der Waals surface area contributed by atoms with E-state index in [9.17, 15) is 25.2 Å². The number of hydrogen-bond acceptors (Lipinski definition) is 5. The van der Waals surface area contributed by atoms with Crippen LogP contribution in [0.4, 0.5) is 0 Å². The molecule has 0 aromatic carbocycles. The summed E-state index contributed by atoms with van der Waals surface area (Å²) in [5.41, 5.74) is -1.26. The highest BCUT2D eigenvalue weighted by atomic mass is 16.3. The second-order valence-electron chi connectivity index (χ2n) is 9.03. The molecule has 3 aliphatic rings. The Morgan fingerprint density at radius 3 is 2.44 bits per heavy atom. The molecule has 4 N–H and O–H groups in total. The first-order chi connectivity index (χ1) is 11.4. The minimum atomic E-state index is -1.85. The van der Waals surface area contributed by atoms with E-state index in [-0.39, 0.29) is 35.2 Å². The molecular formula is C20H30O5. The van der Waals surface area contributed by atoms with Gasteiger partial charge in [-0.15, -0.1) is 0 Å². The third-order valence-corrected chi connectivity index (χ3v) is 7.08. The lowest BCUT2D eigenvalue weighted by Crippen LogP contribution is -2.51. The molecule has 0 unspecified atom stereocenters. The van der Waals surface area contributed by atoms with Crippen LogP contribution in [0.5, 0.6) is 0 Å². The van der Waals surface area contributed by atoms with E-state index in [1.165, 1.54) is 0 Å². The highest BCUT2D eigenvalue weighted by Gasteiger charge is 2.61. The Labute approximate surface area is 149 Å². The first-order valence-electron chi connectivity index (χ1n) is 9.11. The van der Waals surface area contributed by atoms with Crippen LogP contribution in [-0.4, -0.2) is 50.1 Å². The Hall–Kier alpha value is -1.01. The molecule has 0 aromatic rings. The van der Waals surface area contributed by atoms with Gasteiger partial charge in [0.25, 0.3) is 0 Å². The number of hydrogen-bond donors (Lipinski definition) is 4. The summed E-state index contributed by atoms with van der Waals surface area (Å²) in [5.74, 6) is -1.53. The lowest BCUT2D eigenvalue weighted by molar-refractivity contribution is -0.144. The normalized spacial score (nSPS) is 51.8. The molecule has 8 atom stereocenters. The van der Waals surface area contributed by atoms with Crippen molar-refractivity contribution >= 4 is 5.78 Å². The number of allylic oxidation sites excluding steroid dienone is 1. The SMILES string of the molecule is C=C1[C@H](O)C[C@H]2[C@@H](/C=C(\C)C(=O)[C@@]3(O)C[C@H](C)[C@H](O)[C@@H]3[C@H]1O)C2(C)C. The maximum Gasteiger partial charge on any atom is 0.190 e. The number of ketones is 1. The predicted octanol–water partition coefficient (Wildman–Crippen LogP) is 1.20. The van der Waals surface area contributed by atoms with Crippen LogP contribution in [0.1, 0.15) is 40.5 Å². The number of fused-ring (bicyclic) bond motifs is 2. The molecule has 3 aliphatic carbocycles. The third kappa shape index (κ3) is 2.64. The molecule has 2 fully saturated rings. The molecule has 2 saturated carbocycles. The molecule has 0 saturated heterocycles. The van der Waals surface area contributed by atoms with E-state index < -0.39 is 35.6 Å². The van der Waals surface area contributed by atoms with Crippen molar-refractivity contribution in [2.45, 2.75) is 64.4 Å². The monoisotopic (exact) mass is 350 g/mol. The lowest BCUT2D eigenvalue weighted by atomic mass is 9.77. The molecular weight excluding hydrogens is 320 g/mol. The Bertz CT molecular complexity index is 636. The van der Waals surface area contributed by atoms with E-state index in [4.69, 9.17) is 0 Å². The number of carbonyl (C=O) groups is 1. The molecule has 140 valence electrons. The molecule has 5 heteroatoms. The quantitative estimate of drug-likeness (QED) is 0.492. The zero-order valence-electron chi connectivity index (χ0n) is 15.4. The molecule has 0 aliphatic heterocycles. The second kappa shape index (κ2) is 5.74. The van der Waals surface area contributed by atoms with Crippen LogP contribution >= 0.6 is 0 Å². The van der Waals surface area contributed by atoms with Gasteiger partial charge in [0.05, 0.1) is 24.2 Å². The van der Waals surface area contributed by atoms with Gasteiger partial charge in [-0.05, 0) is 54.1 Å². The van der Waals surface area contributed by atoms with E-state index in [1.807, 2.05) is 6.08 Å². The molecule has 0 spiro atoms. The Morgan fingerprint density at radius 1 is 1.24 bits per heavy atom. The van der Waals surface area contributed by atoms with Crippen molar-refractivity contribution in [2.24, 2.45) is 29.1 Å². The van der Waals surface area contributed by atoms with Crippen molar-refractivity contribution in [3.8, 4) is 0 Å². The number of aliphatic hydroxyl groups excluding tert-OH is 3. The van der Waals surface area contributed by atoms with Crippen molar-refractivity contribution in [3.63, 3.8) is 0 Å². The average molecular weight is 350 g/mol. The predicted molar refractivity (Wildman–Crippen MR) is 93.5 cm³/mol. The van der Waals surface area contributed by atoms with E-state index >= 15 is 0 Å². The average Bonchev–Trinajstić information content (AvgIpc) is 2.92. The highest BCUT2D eigenvalue weighted by Crippen LogP contribution is 2.62. The van der Waals surface area contributed by atoms with E-state index in [0.717, 1.165) is 0 Å². The number of rotatable bonds is 0. The maximum atomic E-state index is 13.0. The van der Waals surface area contributed by atoms with Crippen molar-refractivity contribution in [2.75, 3.05) is 0 Å². The zero-order chi connectivity index (χ0) is 18.9. The second-order valence-corrected chi connectivity index (χ2v) is 9.03. The maximum absolute atomic E-state index is 13.0. The number of Topliss-reactive ketones (excluding diaryl/α,β-unsaturated/α-hetero) is 1. The van der Waals surface area contributed by atoms with Gasteiger partial charge in [0.1, 0.15) is 5.60 Å². The number of aliphatic hydroxyl groups is 4. The van der Waals surface area contributed by atoms with Crippen LogP contribution in [0.2, 0.25) is 0 Å². The largest absolute Gasteiger partial charge is 0.392 e. The fraction of sp³-hybridized carbons (Fsp3) is 0.750. The van der Waals surface area contributed by atoms with Gasteiger partial charge in [-0.2, -0.15) is 0 Å². The van der Waals surface area contributed by atoms with Crippen LogP contribution in [0, 0.1) is 29.1 Å². The Morgan fingerprint density at radius 2 is 1.84 bits per heavy atom. The van der Waals surface area contributed by atoms with Crippen LogP contribution in [0.15, 0.2) is 23.8 Å². The molecule has 0 heterocycles. The topological polar surface area (TPSA) is 98.0 Å². The molecule has 0 bridgehead atoms. The first-order valence-corrected chi connectivity index (χ1v) is 9.11. The van der Waals surface area contributed by atoms with Crippen LogP contribution in [0.3, 0.4) is 0 Å². The summed E-state index contributed by atoms with van der Waals surface area (Å²) in [5, 5.41) is 43.0. The van der Waals surface area contributed by atoms with Crippen molar-refractivity contribution in [1.82, 2.24) is 0 Å². The Balaban J connectivity index is 2.08.